The molecule has 0 unspecified atom stereocenters. The molecule has 11 heteroatoms. The summed E-state index contributed by atoms with van der Waals surface area (Å²) >= 11 is 0.811. The van der Waals surface area contributed by atoms with Gasteiger partial charge >= 0.3 is 12.3 Å². The van der Waals surface area contributed by atoms with Crippen LogP contribution in [0.3, 0.4) is 0 Å². The van der Waals surface area contributed by atoms with Crippen LogP contribution in [0.1, 0.15) is 35.2 Å². The Kier molecular flexibility index (Phi) is 5.48. The number of ether oxygens (including phenoxy) is 2. The van der Waals surface area contributed by atoms with Crippen molar-refractivity contribution in [3.63, 3.8) is 0 Å². The zero-order chi connectivity index (χ0) is 21.5. The number of rotatable bonds is 5. The topological polar surface area (TPSA) is 80.8 Å². The summed E-state index contributed by atoms with van der Waals surface area (Å²) in [5, 5.41) is 3.75. The minimum atomic E-state index is -4.63. The van der Waals surface area contributed by atoms with Gasteiger partial charge in [0.2, 0.25) is 5.88 Å². The molecule has 1 atom stereocenters. The zero-order valence-corrected chi connectivity index (χ0v) is 16.9. The molecule has 2 fully saturated rings. The van der Waals surface area contributed by atoms with Crippen LogP contribution < -0.4 is 10.1 Å². The van der Waals surface area contributed by atoms with Crippen LogP contribution in [0.15, 0.2) is 11.4 Å². The van der Waals surface area contributed by atoms with E-state index in [1.807, 2.05) is 0 Å². The first-order chi connectivity index (χ1) is 14.3. The molecular formula is C19H20F3N3O4S. The zero-order valence-electron chi connectivity index (χ0n) is 16.1. The van der Waals surface area contributed by atoms with Crippen molar-refractivity contribution in [2.24, 2.45) is 5.92 Å². The molecule has 0 aromatic carbocycles. The molecule has 1 saturated heterocycles. The number of carbonyl (C=O) groups excluding carboxylic acids is 2. The van der Waals surface area contributed by atoms with E-state index in [2.05, 4.69) is 10.3 Å². The fraction of sp³-hybridized carbons (Fsp3) is 0.526. The largest absolute Gasteiger partial charge is 0.472 e. The second-order valence-electron chi connectivity index (χ2n) is 7.41. The first-order valence-electron chi connectivity index (χ1n) is 9.56. The Morgan fingerprint density at radius 3 is 2.77 bits per heavy atom. The first-order valence-corrected chi connectivity index (χ1v) is 10.4. The van der Waals surface area contributed by atoms with E-state index in [0.29, 0.717) is 25.5 Å². The Morgan fingerprint density at radius 1 is 1.33 bits per heavy atom. The van der Waals surface area contributed by atoms with Crippen molar-refractivity contribution in [2.75, 3.05) is 26.7 Å². The highest BCUT2D eigenvalue weighted by Gasteiger charge is 2.36. The summed E-state index contributed by atoms with van der Waals surface area (Å²) in [6.45, 7) is 0.995. The van der Waals surface area contributed by atoms with Gasteiger partial charge in [0.15, 0.2) is 0 Å². The van der Waals surface area contributed by atoms with Crippen LogP contribution >= 0.6 is 11.3 Å². The number of hydrogen-bond donors (Lipinski definition) is 1. The van der Waals surface area contributed by atoms with Gasteiger partial charge in [0.1, 0.15) is 6.10 Å². The van der Waals surface area contributed by atoms with Gasteiger partial charge in [-0.15, -0.1) is 11.3 Å². The highest BCUT2D eigenvalue weighted by Crippen LogP contribution is 2.40. The molecule has 2 amide bonds. The molecule has 2 aromatic heterocycles. The molecule has 0 radical (unpaired) electrons. The Bertz CT molecular complexity index is 974. The average Bonchev–Trinajstić information content (AvgIpc) is 3.25. The number of alkyl halides is 3. The number of carbonyl (C=O) groups is 2. The van der Waals surface area contributed by atoms with Crippen molar-refractivity contribution in [3.05, 3.63) is 22.6 Å². The fourth-order valence-corrected chi connectivity index (χ4v) is 4.30. The number of halogens is 3. The molecule has 1 saturated carbocycles. The lowest BCUT2D eigenvalue weighted by molar-refractivity contribution is -0.136. The summed E-state index contributed by atoms with van der Waals surface area (Å²) in [5.41, 5.74) is -0.894. The van der Waals surface area contributed by atoms with E-state index in [1.165, 1.54) is 17.3 Å². The molecular weight excluding hydrogens is 423 g/mol. The number of hydrogen-bond acceptors (Lipinski definition) is 6. The number of amides is 2. The first kappa shape index (κ1) is 20.7. The van der Waals surface area contributed by atoms with Gasteiger partial charge in [0, 0.05) is 31.5 Å². The van der Waals surface area contributed by atoms with Crippen molar-refractivity contribution in [1.82, 2.24) is 15.2 Å². The van der Waals surface area contributed by atoms with Crippen molar-refractivity contribution >= 4 is 33.6 Å². The number of aromatic nitrogens is 1. The van der Waals surface area contributed by atoms with Gasteiger partial charge in [-0.1, -0.05) is 0 Å². The molecule has 2 aromatic rings. The molecule has 4 rings (SSSR count). The lowest BCUT2D eigenvalue weighted by Crippen LogP contribution is -2.32. The van der Waals surface area contributed by atoms with E-state index in [1.54, 1.807) is 0 Å². The quantitative estimate of drug-likeness (QED) is 0.763. The van der Waals surface area contributed by atoms with E-state index >= 15 is 0 Å². The highest BCUT2D eigenvalue weighted by molar-refractivity contribution is 7.17. The molecule has 1 aliphatic heterocycles. The van der Waals surface area contributed by atoms with E-state index in [4.69, 9.17) is 9.47 Å². The summed E-state index contributed by atoms with van der Waals surface area (Å²) in [6, 6.07) is 0.848. The van der Waals surface area contributed by atoms with Crippen LogP contribution in [-0.4, -0.2) is 54.7 Å². The Hall–Kier alpha value is -2.56. The minimum Gasteiger partial charge on any atom is -0.472 e. The van der Waals surface area contributed by atoms with Crippen LogP contribution in [0.25, 0.3) is 10.2 Å². The Morgan fingerprint density at radius 2 is 2.10 bits per heavy atom. The number of nitrogens with one attached hydrogen (secondary N) is 1. The summed E-state index contributed by atoms with van der Waals surface area (Å²) in [6.07, 6.45) is -2.99. The minimum absolute atomic E-state index is 0.0529. The van der Waals surface area contributed by atoms with Gasteiger partial charge in [-0.2, -0.15) is 13.2 Å². The summed E-state index contributed by atoms with van der Waals surface area (Å²) in [7, 11) is 1.40. The molecule has 3 heterocycles. The lowest BCUT2D eigenvalue weighted by atomic mass is 10.2. The number of fused-ring (bicyclic) bond motifs is 1. The van der Waals surface area contributed by atoms with Crippen molar-refractivity contribution in [2.45, 2.75) is 31.5 Å². The number of pyridine rings is 1. The maximum atomic E-state index is 13.6. The summed E-state index contributed by atoms with van der Waals surface area (Å²) < 4.78 is 51.5. The second kappa shape index (κ2) is 7.93. The third kappa shape index (κ3) is 4.30. The van der Waals surface area contributed by atoms with Gasteiger partial charge in [0.05, 0.1) is 34.5 Å². The SMILES string of the molecule is CNC(=O)c1csc2c(C(F)(F)F)cc(O[C@H]3CCN(C(=O)OCC4CC4)C3)nc12. The van der Waals surface area contributed by atoms with Crippen molar-refractivity contribution in [1.29, 1.82) is 0 Å². The van der Waals surface area contributed by atoms with E-state index in [9.17, 15) is 22.8 Å². The number of thiophene rings is 1. The van der Waals surface area contributed by atoms with Gasteiger partial charge < -0.3 is 19.7 Å². The van der Waals surface area contributed by atoms with Crippen molar-refractivity contribution < 1.29 is 32.2 Å². The normalized spacial score (nSPS) is 19.2. The van der Waals surface area contributed by atoms with E-state index in [-0.39, 0.29) is 28.2 Å². The maximum absolute atomic E-state index is 13.6. The van der Waals surface area contributed by atoms with Crippen LogP contribution in [0.2, 0.25) is 0 Å². The molecule has 0 bridgehead atoms. The monoisotopic (exact) mass is 443 g/mol. The molecule has 30 heavy (non-hydrogen) atoms. The molecule has 162 valence electrons. The Labute approximate surface area is 174 Å². The number of nitrogens with zero attached hydrogens (tertiary/aromatic N) is 2. The van der Waals surface area contributed by atoms with Crippen LogP contribution in [0.4, 0.5) is 18.0 Å². The maximum Gasteiger partial charge on any atom is 0.418 e. The average molecular weight is 443 g/mol. The van der Waals surface area contributed by atoms with Gasteiger partial charge in [-0.25, -0.2) is 9.78 Å². The van der Waals surface area contributed by atoms with Gasteiger partial charge in [-0.3, -0.25) is 4.79 Å². The predicted octanol–water partition coefficient (Wildman–Crippen LogP) is 3.67. The van der Waals surface area contributed by atoms with Gasteiger partial charge in [-0.05, 0) is 18.8 Å². The third-order valence-corrected chi connectivity index (χ3v) is 6.11. The summed E-state index contributed by atoms with van der Waals surface area (Å²) in [5.74, 6) is -0.304. The number of likely N-dealkylation sites (tertiary alicyclic amines) is 1. The Balaban J connectivity index is 1.53. The highest BCUT2D eigenvalue weighted by atomic mass is 32.1. The third-order valence-electron chi connectivity index (χ3n) is 5.11. The van der Waals surface area contributed by atoms with Crippen molar-refractivity contribution in [3.8, 4) is 5.88 Å². The molecule has 7 nitrogen and oxygen atoms in total. The van der Waals surface area contributed by atoms with Crippen LogP contribution in [0, 0.1) is 5.92 Å². The second-order valence-corrected chi connectivity index (χ2v) is 8.29. The van der Waals surface area contributed by atoms with Crippen LogP contribution in [0.5, 0.6) is 5.88 Å². The van der Waals surface area contributed by atoms with Crippen LogP contribution in [-0.2, 0) is 10.9 Å². The van der Waals surface area contributed by atoms with E-state index in [0.717, 1.165) is 30.2 Å². The molecule has 1 N–H and O–H groups in total. The molecule has 2 aliphatic rings. The van der Waals surface area contributed by atoms with E-state index < -0.39 is 29.8 Å². The molecule has 1 aliphatic carbocycles. The fourth-order valence-electron chi connectivity index (χ4n) is 3.28. The lowest BCUT2D eigenvalue weighted by Gasteiger charge is -2.17. The molecule has 0 spiro atoms. The smallest absolute Gasteiger partial charge is 0.418 e. The predicted molar refractivity (Wildman–Crippen MR) is 103 cm³/mol. The summed E-state index contributed by atoms with van der Waals surface area (Å²) in [4.78, 5) is 29.8. The standard InChI is InChI=1S/C19H20F3N3O4S/c1-23-17(26)12-9-30-16-13(19(20,21)22)6-14(24-15(12)16)29-11-4-5-25(7-11)18(27)28-8-10-2-3-10/h6,9-11H,2-5,7-8H2,1H3,(H,23,26)/t11-/m0/s1. The van der Waals surface area contributed by atoms with Gasteiger partial charge in [0.25, 0.3) is 5.91 Å².